The van der Waals surface area contributed by atoms with Gasteiger partial charge in [0.05, 0.1) is 37.3 Å². The largest absolute Gasteiger partial charge is 0.493 e. The van der Waals surface area contributed by atoms with Gasteiger partial charge in [-0.3, -0.25) is 9.59 Å². The number of carbonyl (C=O) groups excluding carboxylic acids is 1. The molecule has 4 rings (SSSR count). The Morgan fingerprint density at radius 3 is 2.56 bits per heavy atom. The fourth-order valence-corrected chi connectivity index (χ4v) is 4.31. The highest BCUT2D eigenvalue weighted by Crippen LogP contribution is 2.41. The molecule has 3 aromatic rings. The average Bonchev–Trinajstić information content (AvgIpc) is 3.10. The first-order valence-electron chi connectivity index (χ1n) is 11.2. The molecular formula is C26H28ClNO6. The molecular weight excluding hydrogens is 458 g/mol. The Hall–Kier alpha value is -3.03. The van der Waals surface area contributed by atoms with Crippen LogP contribution in [-0.4, -0.2) is 44.8 Å². The normalized spacial score (nSPS) is 15.3. The number of hydrogen-bond acceptors (Lipinski definition) is 6. The molecule has 1 amide bonds. The van der Waals surface area contributed by atoms with Crippen molar-refractivity contribution in [1.82, 2.24) is 4.90 Å². The zero-order valence-electron chi connectivity index (χ0n) is 19.7. The predicted octanol–water partition coefficient (Wildman–Crippen LogP) is 5.07. The molecule has 0 bridgehead atoms. The maximum atomic E-state index is 13.6. The lowest BCUT2D eigenvalue weighted by molar-refractivity contribution is 0.0663. The van der Waals surface area contributed by atoms with Crippen molar-refractivity contribution < 1.29 is 23.4 Å². The number of amides is 1. The zero-order valence-corrected chi connectivity index (χ0v) is 20.5. The van der Waals surface area contributed by atoms with E-state index in [1.807, 2.05) is 12.1 Å². The van der Waals surface area contributed by atoms with Gasteiger partial charge in [-0.1, -0.05) is 31.5 Å². The summed E-state index contributed by atoms with van der Waals surface area (Å²) in [6, 6.07) is 9.60. The smallest absolute Gasteiger partial charge is 0.290 e. The van der Waals surface area contributed by atoms with Gasteiger partial charge < -0.3 is 23.5 Å². The Balaban J connectivity index is 1.82. The molecule has 34 heavy (non-hydrogen) atoms. The summed E-state index contributed by atoms with van der Waals surface area (Å²) >= 11 is 6.13. The van der Waals surface area contributed by atoms with Gasteiger partial charge in [0.15, 0.2) is 16.9 Å². The predicted molar refractivity (Wildman–Crippen MR) is 130 cm³/mol. The van der Waals surface area contributed by atoms with Crippen LogP contribution in [0.5, 0.6) is 11.5 Å². The first-order chi connectivity index (χ1) is 16.3. The first-order valence-corrected chi connectivity index (χ1v) is 11.6. The second-order valence-corrected chi connectivity index (χ2v) is 9.09. The van der Waals surface area contributed by atoms with E-state index >= 15 is 0 Å². The zero-order chi connectivity index (χ0) is 24.4. The minimum absolute atomic E-state index is 0.0390. The van der Waals surface area contributed by atoms with Crippen molar-refractivity contribution >= 4 is 28.5 Å². The molecule has 0 radical (unpaired) electrons. The van der Waals surface area contributed by atoms with Crippen LogP contribution < -0.4 is 14.9 Å². The average molecular weight is 486 g/mol. The maximum Gasteiger partial charge on any atom is 0.290 e. The molecule has 0 N–H and O–H groups in total. The molecule has 1 unspecified atom stereocenters. The van der Waals surface area contributed by atoms with Crippen LogP contribution in [0.1, 0.15) is 48.0 Å². The molecule has 1 aromatic heterocycles. The third kappa shape index (κ3) is 4.50. The molecule has 180 valence electrons. The van der Waals surface area contributed by atoms with Crippen LogP contribution >= 0.6 is 11.6 Å². The summed E-state index contributed by atoms with van der Waals surface area (Å²) in [6.45, 7) is 5.43. The summed E-state index contributed by atoms with van der Waals surface area (Å²) in [5.74, 6) is 1.34. The Labute approximate surface area is 203 Å². The van der Waals surface area contributed by atoms with Crippen LogP contribution in [0.15, 0.2) is 45.6 Å². The van der Waals surface area contributed by atoms with Gasteiger partial charge in [0, 0.05) is 18.7 Å². The van der Waals surface area contributed by atoms with Crippen LogP contribution in [0.3, 0.4) is 0 Å². The number of fused-ring (bicyclic) bond motifs is 2. The number of rotatable bonds is 9. The van der Waals surface area contributed by atoms with E-state index in [0.717, 1.165) is 6.42 Å². The third-order valence-electron chi connectivity index (χ3n) is 5.92. The molecule has 1 aliphatic rings. The van der Waals surface area contributed by atoms with Crippen molar-refractivity contribution in [2.24, 2.45) is 5.92 Å². The fraction of sp³-hybridized carbons (Fsp3) is 0.385. The highest BCUT2D eigenvalue weighted by Gasteiger charge is 2.42. The molecule has 7 nitrogen and oxygen atoms in total. The maximum absolute atomic E-state index is 13.6. The lowest BCUT2D eigenvalue weighted by atomic mass is 9.98. The van der Waals surface area contributed by atoms with E-state index in [9.17, 15) is 9.59 Å². The number of ether oxygens (including phenoxy) is 3. The van der Waals surface area contributed by atoms with Crippen molar-refractivity contribution in [2.45, 2.75) is 26.3 Å². The van der Waals surface area contributed by atoms with Crippen molar-refractivity contribution in [3.05, 3.63) is 68.5 Å². The number of hydrogen-bond donors (Lipinski definition) is 0. The summed E-state index contributed by atoms with van der Waals surface area (Å²) in [6.07, 6.45) is 0.914. The highest BCUT2D eigenvalue weighted by molar-refractivity contribution is 6.31. The Kier molecular flexibility index (Phi) is 7.14. The van der Waals surface area contributed by atoms with E-state index < -0.39 is 6.04 Å². The molecule has 2 heterocycles. The van der Waals surface area contributed by atoms with E-state index in [0.29, 0.717) is 52.2 Å². The van der Waals surface area contributed by atoms with Crippen LogP contribution in [0.4, 0.5) is 0 Å². The number of methoxy groups -OCH3 is 2. The Bertz CT molecular complexity index is 1270. The molecule has 0 fully saturated rings. The van der Waals surface area contributed by atoms with Gasteiger partial charge >= 0.3 is 0 Å². The summed E-state index contributed by atoms with van der Waals surface area (Å²) in [5, 5.41) is 0.750. The van der Waals surface area contributed by atoms with Gasteiger partial charge in [-0.05, 0) is 48.2 Å². The van der Waals surface area contributed by atoms with Gasteiger partial charge in [0.1, 0.15) is 5.58 Å². The fourth-order valence-electron chi connectivity index (χ4n) is 4.14. The Morgan fingerprint density at radius 1 is 1.06 bits per heavy atom. The van der Waals surface area contributed by atoms with Gasteiger partial charge in [-0.2, -0.15) is 0 Å². The van der Waals surface area contributed by atoms with Crippen molar-refractivity contribution in [3.63, 3.8) is 0 Å². The third-order valence-corrected chi connectivity index (χ3v) is 6.16. The van der Waals surface area contributed by atoms with Gasteiger partial charge in [-0.15, -0.1) is 0 Å². The van der Waals surface area contributed by atoms with Crippen LogP contribution in [-0.2, 0) is 4.74 Å². The van der Waals surface area contributed by atoms with Gasteiger partial charge in [0.25, 0.3) is 5.91 Å². The van der Waals surface area contributed by atoms with E-state index in [4.69, 9.17) is 30.2 Å². The van der Waals surface area contributed by atoms with Gasteiger partial charge in [-0.25, -0.2) is 0 Å². The summed E-state index contributed by atoms with van der Waals surface area (Å²) in [4.78, 5) is 28.5. The van der Waals surface area contributed by atoms with Crippen LogP contribution in [0.25, 0.3) is 11.0 Å². The number of carbonyl (C=O) groups is 1. The van der Waals surface area contributed by atoms with Gasteiger partial charge in [0.2, 0.25) is 5.76 Å². The minimum atomic E-state index is -0.657. The van der Waals surface area contributed by atoms with Crippen LogP contribution in [0, 0.1) is 5.92 Å². The number of benzene rings is 2. The number of halogens is 1. The van der Waals surface area contributed by atoms with E-state index in [1.165, 1.54) is 0 Å². The summed E-state index contributed by atoms with van der Waals surface area (Å²) < 4.78 is 22.6. The molecule has 0 saturated carbocycles. The van der Waals surface area contributed by atoms with E-state index in [2.05, 4.69) is 13.8 Å². The molecule has 8 heteroatoms. The highest BCUT2D eigenvalue weighted by atomic mass is 35.5. The number of nitrogens with zero attached hydrogens (tertiary/aromatic N) is 1. The molecule has 0 aliphatic carbocycles. The monoisotopic (exact) mass is 485 g/mol. The van der Waals surface area contributed by atoms with E-state index in [1.54, 1.807) is 43.4 Å². The molecule has 1 atom stereocenters. The second-order valence-electron chi connectivity index (χ2n) is 8.65. The molecule has 2 aromatic carbocycles. The lowest BCUT2D eigenvalue weighted by Crippen LogP contribution is -2.32. The first kappa shape index (κ1) is 24.1. The SMILES string of the molecule is COCCN1C(=O)c2oc3ccc(Cl)cc3c(=O)c2C1c1ccc(OCCC(C)C)c(OC)c1. The minimum Gasteiger partial charge on any atom is -0.493 e. The topological polar surface area (TPSA) is 78.2 Å². The molecule has 1 aliphatic heterocycles. The molecule has 0 spiro atoms. The molecule has 0 saturated heterocycles. The quantitative estimate of drug-likeness (QED) is 0.421. The van der Waals surface area contributed by atoms with Crippen LogP contribution in [0.2, 0.25) is 5.02 Å². The summed E-state index contributed by atoms with van der Waals surface area (Å²) in [5.41, 5.74) is 1.03. The lowest BCUT2D eigenvalue weighted by Gasteiger charge is -2.25. The van der Waals surface area contributed by atoms with Crippen molar-refractivity contribution in [3.8, 4) is 11.5 Å². The van der Waals surface area contributed by atoms with Crippen molar-refractivity contribution in [2.75, 3.05) is 34.0 Å². The van der Waals surface area contributed by atoms with Crippen molar-refractivity contribution in [1.29, 1.82) is 0 Å². The second kappa shape index (κ2) is 10.1. The Morgan fingerprint density at radius 2 is 1.85 bits per heavy atom. The summed E-state index contributed by atoms with van der Waals surface area (Å²) in [7, 11) is 3.13. The standard InChI is InChI=1S/C26H28ClNO6/c1-15(2)9-11-33-20-7-5-16(13-21(20)32-4)23-22-24(29)18-14-17(27)6-8-19(18)34-25(22)26(30)28(23)10-12-31-3/h5-8,13-15,23H,9-12H2,1-4H3. The van der Waals surface area contributed by atoms with E-state index in [-0.39, 0.29) is 29.2 Å².